The molecular formula is C15H32N2O. The van der Waals surface area contributed by atoms with E-state index in [0.29, 0.717) is 12.1 Å². The fourth-order valence-electron chi connectivity index (χ4n) is 3.09. The SMILES string of the molecule is CCC1(C)CNC(CC(C)C)CN1C(C)COC. The average Bonchev–Trinajstić information content (AvgIpc) is 2.31. The van der Waals surface area contributed by atoms with Crippen LogP contribution in [0.4, 0.5) is 0 Å². The molecule has 0 aromatic heterocycles. The Hall–Kier alpha value is -0.120. The first-order chi connectivity index (χ1) is 8.42. The lowest BCUT2D eigenvalue weighted by Crippen LogP contribution is -2.66. The van der Waals surface area contributed by atoms with Crippen molar-refractivity contribution in [2.75, 3.05) is 26.8 Å². The van der Waals surface area contributed by atoms with Crippen LogP contribution in [0.1, 0.15) is 47.5 Å². The van der Waals surface area contributed by atoms with E-state index in [1.54, 1.807) is 7.11 Å². The molecule has 1 rings (SSSR count). The first kappa shape index (κ1) is 15.9. The summed E-state index contributed by atoms with van der Waals surface area (Å²) in [4.78, 5) is 2.65. The van der Waals surface area contributed by atoms with E-state index in [2.05, 4.69) is 44.8 Å². The lowest BCUT2D eigenvalue weighted by atomic mass is 9.88. The van der Waals surface area contributed by atoms with E-state index in [-0.39, 0.29) is 5.54 Å². The Morgan fingerprint density at radius 2 is 2.06 bits per heavy atom. The summed E-state index contributed by atoms with van der Waals surface area (Å²) >= 11 is 0. The smallest absolute Gasteiger partial charge is 0.0615 e. The van der Waals surface area contributed by atoms with Gasteiger partial charge in [-0.15, -0.1) is 0 Å². The van der Waals surface area contributed by atoms with Crippen LogP contribution >= 0.6 is 0 Å². The fraction of sp³-hybridized carbons (Fsp3) is 1.00. The van der Waals surface area contributed by atoms with Gasteiger partial charge in [0.2, 0.25) is 0 Å². The van der Waals surface area contributed by atoms with Gasteiger partial charge in [0.05, 0.1) is 6.61 Å². The molecule has 0 aromatic rings. The molecule has 0 amide bonds. The van der Waals surface area contributed by atoms with Gasteiger partial charge < -0.3 is 10.1 Å². The van der Waals surface area contributed by atoms with E-state index in [9.17, 15) is 0 Å². The summed E-state index contributed by atoms with van der Waals surface area (Å²) in [5, 5.41) is 3.74. The highest BCUT2D eigenvalue weighted by molar-refractivity contribution is 4.97. The zero-order valence-electron chi connectivity index (χ0n) is 13.1. The molecule has 0 bridgehead atoms. The van der Waals surface area contributed by atoms with Crippen LogP contribution in [0.25, 0.3) is 0 Å². The highest BCUT2D eigenvalue weighted by Gasteiger charge is 2.38. The Labute approximate surface area is 113 Å². The Kier molecular flexibility index (Phi) is 6.09. The van der Waals surface area contributed by atoms with Crippen LogP contribution in [0, 0.1) is 5.92 Å². The molecule has 3 unspecified atom stereocenters. The van der Waals surface area contributed by atoms with Crippen molar-refractivity contribution in [3.8, 4) is 0 Å². The molecule has 1 fully saturated rings. The minimum Gasteiger partial charge on any atom is -0.383 e. The number of rotatable bonds is 6. The molecule has 1 aliphatic rings. The van der Waals surface area contributed by atoms with E-state index in [1.807, 2.05) is 0 Å². The molecule has 108 valence electrons. The summed E-state index contributed by atoms with van der Waals surface area (Å²) in [7, 11) is 1.80. The van der Waals surface area contributed by atoms with Crippen LogP contribution in [-0.4, -0.2) is 49.3 Å². The molecule has 0 spiro atoms. The number of hydrogen-bond acceptors (Lipinski definition) is 3. The Morgan fingerprint density at radius 1 is 1.39 bits per heavy atom. The summed E-state index contributed by atoms with van der Waals surface area (Å²) in [6.07, 6.45) is 2.44. The van der Waals surface area contributed by atoms with E-state index in [0.717, 1.165) is 25.6 Å². The summed E-state index contributed by atoms with van der Waals surface area (Å²) in [6, 6.07) is 1.13. The third-order valence-corrected chi connectivity index (χ3v) is 4.34. The molecule has 3 nitrogen and oxygen atoms in total. The Morgan fingerprint density at radius 3 is 2.56 bits per heavy atom. The third-order valence-electron chi connectivity index (χ3n) is 4.34. The predicted molar refractivity (Wildman–Crippen MR) is 78.0 cm³/mol. The monoisotopic (exact) mass is 256 g/mol. The van der Waals surface area contributed by atoms with Crippen molar-refractivity contribution in [2.45, 2.75) is 65.1 Å². The van der Waals surface area contributed by atoms with Gasteiger partial charge in [0.25, 0.3) is 0 Å². The van der Waals surface area contributed by atoms with E-state index in [4.69, 9.17) is 4.74 Å². The van der Waals surface area contributed by atoms with Crippen molar-refractivity contribution in [2.24, 2.45) is 5.92 Å². The number of nitrogens with zero attached hydrogens (tertiary/aromatic N) is 1. The topological polar surface area (TPSA) is 24.5 Å². The second-order valence-corrected chi connectivity index (χ2v) is 6.51. The van der Waals surface area contributed by atoms with Crippen molar-refractivity contribution in [3.05, 3.63) is 0 Å². The maximum Gasteiger partial charge on any atom is 0.0615 e. The van der Waals surface area contributed by atoms with Gasteiger partial charge in [-0.2, -0.15) is 0 Å². The standard InChI is InChI=1S/C15H32N2O/c1-7-15(5)11-16-14(8-12(2)3)9-17(15)13(4)10-18-6/h12-14,16H,7-11H2,1-6H3. The van der Waals surface area contributed by atoms with Crippen molar-refractivity contribution in [3.63, 3.8) is 0 Å². The highest BCUT2D eigenvalue weighted by Crippen LogP contribution is 2.27. The van der Waals surface area contributed by atoms with Crippen LogP contribution in [-0.2, 0) is 4.74 Å². The fourth-order valence-corrected chi connectivity index (χ4v) is 3.09. The molecule has 1 aliphatic heterocycles. The number of methoxy groups -OCH3 is 1. The Balaban J connectivity index is 2.70. The highest BCUT2D eigenvalue weighted by atomic mass is 16.5. The lowest BCUT2D eigenvalue weighted by Gasteiger charge is -2.51. The van der Waals surface area contributed by atoms with Crippen molar-refractivity contribution >= 4 is 0 Å². The minimum absolute atomic E-state index is 0.269. The summed E-state index contributed by atoms with van der Waals surface area (Å²) in [5.74, 6) is 0.757. The molecule has 0 radical (unpaired) electrons. The second-order valence-electron chi connectivity index (χ2n) is 6.51. The average molecular weight is 256 g/mol. The van der Waals surface area contributed by atoms with Gasteiger partial charge in [0.1, 0.15) is 0 Å². The summed E-state index contributed by atoms with van der Waals surface area (Å²) in [6.45, 7) is 14.6. The van der Waals surface area contributed by atoms with Crippen LogP contribution in [0.5, 0.6) is 0 Å². The molecular weight excluding hydrogens is 224 g/mol. The van der Waals surface area contributed by atoms with Gasteiger partial charge in [0.15, 0.2) is 0 Å². The first-order valence-electron chi connectivity index (χ1n) is 7.42. The van der Waals surface area contributed by atoms with Gasteiger partial charge >= 0.3 is 0 Å². The molecule has 0 aromatic carbocycles. The van der Waals surface area contributed by atoms with Crippen LogP contribution in [0.2, 0.25) is 0 Å². The summed E-state index contributed by atoms with van der Waals surface area (Å²) in [5.41, 5.74) is 0.269. The minimum atomic E-state index is 0.269. The molecule has 3 heteroatoms. The molecule has 3 atom stereocenters. The largest absolute Gasteiger partial charge is 0.383 e. The number of ether oxygens (including phenoxy) is 1. The van der Waals surface area contributed by atoms with E-state index in [1.165, 1.54) is 12.8 Å². The molecule has 18 heavy (non-hydrogen) atoms. The second kappa shape index (κ2) is 6.88. The van der Waals surface area contributed by atoms with Crippen molar-refractivity contribution < 1.29 is 4.74 Å². The van der Waals surface area contributed by atoms with Crippen LogP contribution in [0.15, 0.2) is 0 Å². The van der Waals surface area contributed by atoms with Crippen LogP contribution in [0.3, 0.4) is 0 Å². The first-order valence-corrected chi connectivity index (χ1v) is 7.42. The maximum absolute atomic E-state index is 5.35. The quantitative estimate of drug-likeness (QED) is 0.790. The summed E-state index contributed by atoms with van der Waals surface area (Å²) < 4.78 is 5.35. The van der Waals surface area contributed by atoms with Crippen LogP contribution < -0.4 is 5.32 Å². The van der Waals surface area contributed by atoms with E-state index >= 15 is 0 Å². The number of nitrogens with one attached hydrogen (secondary N) is 1. The normalized spacial score (nSPS) is 31.8. The maximum atomic E-state index is 5.35. The van der Waals surface area contributed by atoms with Gasteiger partial charge in [-0.25, -0.2) is 0 Å². The molecule has 0 aliphatic carbocycles. The van der Waals surface area contributed by atoms with Gasteiger partial charge in [-0.05, 0) is 32.6 Å². The Bertz CT molecular complexity index is 245. The molecule has 0 saturated carbocycles. The van der Waals surface area contributed by atoms with Crippen molar-refractivity contribution in [1.29, 1.82) is 0 Å². The predicted octanol–water partition coefficient (Wildman–Crippen LogP) is 2.51. The molecule has 1 N–H and O–H groups in total. The van der Waals surface area contributed by atoms with Crippen molar-refractivity contribution in [1.82, 2.24) is 10.2 Å². The zero-order chi connectivity index (χ0) is 13.8. The molecule has 1 saturated heterocycles. The van der Waals surface area contributed by atoms with Gasteiger partial charge in [0, 0.05) is 37.8 Å². The number of hydrogen-bond donors (Lipinski definition) is 1. The zero-order valence-corrected chi connectivity index (χ0v) is 13.1. The third kappa shape index (κ3) is 3.94. The van der Waals surface area contributed by atoms with E-state index < -0.39 is 0 Å². The number of piperazine rings is 1. The lowest BCUT2D eigenvalue weighted by molar-refractivity contribution is -0.0141. The molecule has 1 heterocycles. The van der Waals surface area contributed by atoms with Gasteiger partial charge in [-0.3, -0.25) is 4.90 Å². The van der Waals surface area contributed by atoms with Gasteiger partial charge in [-0.1, -0.05) is 20.8 Å².